The second-order valence-electron chi connectivity index (χ2n) is 4.18. The number of aromatic nitrogens is 2. The second kappa shape index (κ2) is 6.85. The number of hydrogen-bond acceptors (Lipinski definition) is 3. The van der Waals surface area contributed by atoms with Crippen LogP contribution in [0.15, 0.2) is 28.7 Å². The minimum absolute atomic E-state index is 0.205. The summed E-state index contributed by atoms with van der Waals surface area (Å²) in [6.07, 6.45) is 0.546. The molecule has 0 saturated heterocycles. The largest absolute Gasteiger partial charge is 0.373 e. The predicted octanol–water partition coefficient (Wildman–Crippen LogP) is 5.31. The second-order valence-corrected chi connectivity index (χ2v) is 5.81. The van der Waals surface area contributed by atoms with Crippen LogP contribution in [-0.2, 0) is 4.74 Å². The van der Waals surface area contributed by atoms with E-state index in [2.05, 4.69) is 25.9 Å². The summed E-state index contributed by atoms with van der Waals surface area (Å²) in [6.45, 7) is 1.99. The molecule has 20 heavy (non-hydrogen) atoms. The topological polar surface area (TPSA) is 35.0 Å². The summed E-state index contributed by atoms with van der Waals surface area (Å²) in [5.41, 5.74) is 1.51. The van der Waals surface area contributed by atoms with Gasteiger partial charge in [-0.1, -0.05) is 58.2 Å². The Morgan fingerprint density at radius 1 is 1.15 bits per heavy atom. The Kier molecular flexibility index (Phi) is 5.38. The van der Waals surface area contributed by atoms with E-state index in [4.69, 9.17) is 27.9 Å². The lowest BCUT2D eigenvalue weighted by molar-refractivity contribution is 0.0926. The quantitative estimate of drug-likeness (QED) is 0.679. The first-order valence-electron chi connectivity index (χ1n) is 6.08. The summed E-state index contributed by atoms with van der Waals surface area (Å²) in [6, 6.07) is 7.65. The van der Waals surface area contributed by atoms with Gasteiger partial charge in [0.2, 0.25) is 0 Å². The number of benzene rings is 1. The molecule has 0 amide bonds. The summed E-state index contributed by atoms with van der Waals surface area (Å²) >= 11 is 15.9. The van der Waals surface area contributed by atoms with Gasteiger partial charge in [-0.05, 0) is 24.1 Å². The Hall–Kier alpha value is -0.680. The standard InChI is InChI=1S/C14H13BrCl2N2O/c1-3-10(20-2)14-18-12(16)11(13(17)19-14)8-4-6-9(15)7-5-8/h4-7,10H,3H2,1-2H3. The molecular formula is C14H13BrCl2N2O. The predicted molar refractivity (Wildman–Crippen MR) is 85.2 cm³/mol. The van der Waals surface area contributed by atoms with E-state index in [1.54, 1.807) is 7.11 Å². The average molecular weight is 376 g/mol. The van der Waals surface area contributed by atoms with Crippen LogP contribution in [0.25, 0.3) is 11.1 Å². The Balaban J connectivity index is 2.48. The highest BCUT2D eigenvalue weighted by Crippen LogP contribution is 2.34. The fraction of sp³-hybridized carbons (Fsp3) is 0.286. The van der Waals surface area contributed by atoms with Crippen molar-refractivity contribution >= 4 is 39.1 Å². The van der Waals surface area contributed by atoms with Crippen molar-refractivity contribution in [2.45, 2.75) is 19.4 Å². The Labute approximate surface area is 136 Å². The van der Waals surface area contributed by atoms with Crippen LogP contribution in [0.4, 0.5) is 0 Å². The monoisotopic (exact) mass is 374 g/mol. The van der Waals surface area contributed by atoms with Gasteiger partial charge in [0.15, 0.2) is 5.82 Å². The first kappa shape index (κ1) is 15.7. The van der Waals surface area contributed by atoms with Gasteiger partial charge in [-0.25, -0.2) is 9.97 Å². The molecule has 3 nitrogen and oxygen atoms in total. The molecule has 0 aliphatic rings. The molecule has 0 fully saturated rings. The highest BCUT2D eigenvalue weighted by molar-refractivity contribution is 9.10. The van der Waals surface area contributed by atoms with Crippen molar-refractivity contribution in [3.05, 3.63) is 44.9 Å². The SMILES string of the molecule is CCC(OC)c1nc(Cl)c(-c2ccc(Br)cc2)c(Cl)n1. The minimum Gasteiger partial charge on any atom is -0.373 e. The molecule has 6 heteroatoms. The van der Waals surface area contributed by atoms with Crippen LogP contribution >= 0.6 is 39.1 Å². The van der Waals surface area contributed by atoms with Crippen molar-refractivity contribution in [1.29, 1.82) is 0 Å². The number of nitrogens with zero attached hydrogens (tertiary/aromatic N) is 2. The summed E-state index contributed by atoms with van der Waals surface area (Å²) < 4.78 is 6.29. The first-order chi connectivity index (χ1) is 9.56. The number of rotatable bonds is 4. The lowest BCUT2D eigenvalue weighted by Gasteiger charge is -2.14. The van der Waals surface area contributed by atoms with E-state index < -0.39 is 0 Å². The fourth-order valence-electron chi connectivity index (χ4n) is 1.88. The molecule has 0 bridgehead atoms. The van der Waals surface area contributed by atoms with E-state index in [1.165, 1.54) is 0 Å². The van der Waals surface area contributed by atoms with E-state index in [0.717, 1.165) is 16.5 Å². The maximum absolute atomic E-state index is 6.26. The Morgan fingerprint density at radius 2 is 1.70 bits per heavy atom. The molecule has 1 aromatic carbocycles. The number of hydrogen-bond donors (Lipinski definition) is 0. The zero-order valence-electron chi connectivity index (χ0n) is 11.0. The van der Waals surface area contributed by atoms with E-state index in [9.17, 15) is 0 Å². The molecule has 1 atom stereocenters. The molecule has 2 rings (SSSR count). The summed E-state index contributed by atoms with van der Waals surface area (Å²) in [4.78, 5) is 8.62. The summed E-state index contributed by atoms with van der Waals surface area (Å²) in [5, 5.41) is 0.663. The van der Waals surface area contributed by atoms with Gasteiger partial charge in [-0.15, -0.1) is 0 Å². The van der Waals surface area contributed by atoms with Gasteiger partial charge < -0.3 is 4.74 Å². The van der Waals surface area contributed by atoms with Crippen molar-refractivity contribution in [2.24, 2.45) is 0 Å². The van der Waals surface area contributed by atoms with Crippen LogP contribution in [0, 0.1) is 0 Å². The van der Waals surface area contributed by atoms with Crippen molar-refractivity contribution in [3.63, 3.8) is 0 Å². The van der Waals surface area contributed by atoms with Crippen LogP contribution < -0.4 is 0 Å². The molecule has 0 saturated carbocycles. The zero-order chi connectivity index (χ0) is 14.7. The molecule has 1 aromatic heterocycles. The molecular weight excluding hydrogens is 363 g/mol. The lowest BCUT2D eigenvalue weighted by Crippen LogP contribution is -2.07. The molecule has 2 aromatic rings. The van der Waals surface area contributed by atoms with E-state index in [1.807, 2.05) is 31.2 Å². The van der Waals surface area contributed by atoms with Crippen LogP contribution in [-0.4, -0.2) is 17.1 Å². The van der Waals surface area contributed by atoms with E-state index in [0.29, 0.717) is 21.7 Å². The van der Waals surface area contributed by atoms with Gasteiger partial charge >= 0.3 is 0 Å². The van der Waals surface area contributed by atoms with Gasteiger partial charge in [0.25, 0.3) is 0 Å². The molecule has 106 valence electrons. The van der Waals surface area contributed by atoms with E-state index >= 15 is 0 Å². The average Bonchev–Trinajstić information content (AvgIpc) is 2.41. The molecule has 0 aliphatic carbocycles. The molecule has 0 radical (unpaired) electrons. The van der Waals surface area contributed by atoms with Crippen LogP contribution in [0.5, 0.6) is 0 Å². The van der Waals surface area contributed by atoms with Gasteiger partial charge in [-0.2, -0.15) is 0 Å². The number of methoxy groups -OCH3 is 1. The normalized spacial score (nSPS) is 12.4. The van der Waals surface area contributed by atoms with E-state index in [-0.39, 0.29) is 6.10 Å². The zero-order valence-corrected chi connectivity index (χ0v) is 14.1. The highest BCUT2D eigenvalue weighted by atomic mass is 79.9. The Morgan fingerprint density at radius 3 is 2.15 bits per heavy atom. The maximum atomic E-state index is 6.26. The van der Waals surface area contributed by atoms with Gasteiger partial charge in [0.05, 0.1) is 5.56 Å². The molecule has 0 N–H and O–H groups in total. The third-order valence-corrected chi connectivity index (χ3v) is 3.99. The van der Waals surface area contributed by atoms with Gasteiger partial charge in [0, 0.05) is 11.6 Å². The van der Waals surface area contributed by atoms with Crippen molar-refractivity contribution in [2.75, 3.05) is 7.11 Å². The molecule has 0 aliphatic heterocycles. The van der Waals surface area contributed by atoms with Crippen molar-refractivity contribution < 1.29 is 4.74 Å². The first-order valence-corrected chi connectivity index (χ1v) is 7.63. The van der Waals surface area contributed by atoms with Gasteiger partial charge in [-0.3, -0.25) is 0 Å². The molecule has 1 heterocycles. The molecule has 0 spiro atoms. The molecule has 1 unspecified atom stereocenters. The highest BCUT2D eigenvalue weighted by Gasteiger charge is 2.18. The number of ether oxygens (including phenoxy) is 1. The summed E-state index contributed by atoms with van der Waals surface area (Å²) in [5.74, 6) is 0.505. The fourth-order valence-corrected chi connectivity index (χ4v) is 2.76. The lowest BCUT2D eigenvalue weighted by atomic mass is 10.1. The third-order valence-electron chi connectivity index (χ3n) is 2.91. The minimum atomic E-state index is -0.205. The van der Waals surface area contributed by atoms with Crippen LogP contribution in [0.3, 0.4) is 0 Å². The smallest absolute Gasteiger partial charge is 0.160 e. The van der Waals surface area contributed by atoms with Crippen molar-refractivity contribution in [3.8, 4) is 11.1 Å². The Bertz CT molecular complexity index is 578. The van der Waals surface area contributed by atoms with Gasteiger partial charge in [0.1, 0.15) is 16.4 Å². The van der Waals surface area contributed by atoms with Crippen LogP contribution in [0.2, 0.25) is 10.3 Å². The van der Waals surface area contributed by atoms with Crippen LogP contribution in [0.1, 0.15) is 25.3 Å². The van der Waals surface area contributed by atoms with Crippen molar-refractivity contribution in [1.82, 2.24) is 9.97 Å². The number of halogens is 3. The maximum Gasteiger partial charge on any atom is 0.160 e. The summed E-state index contributed by atoms with van der Waals surface area (Å²) in [7, 11) is 1.61. The third kappa shape index (κ3) is 3.31.